The van der Waals surface area contributed by atoms with Crippen molar-refractivity contribution in [3.8, 4) is 16.9 Å². The summed E-state index contributed by atoms with van der Waals surface area (Å²) in [7, 11) is 1.66. The number of methoxy groups -OCH3 is 1. The zero-order valence-electron chi connectivity index (χ0n) is 14.6. The zero-order valence-corrected chi connectivity index (χ0v) is 16.3. The van der Waals surface area contributed by atoms with E-state index in [1.165, 1.54) is 0 Å². The number of carbonyl (C=O) groups excluding carboxylic acids is 1. The van der Waals surface area contributed by atoms with Crippen LogP contribution in [0.15, 0.2) is 42.7 Å². The molecular formula is C19H23ClN2O2S. The summed E-state index contributed by atoms with van der Waals surface area (Å²) in [5.74, 6) is 2.02. The van der Waals surface area contributed by atoms with Gasteiger partial charge >= 0.3 is 0 Å². The summed E-state index contributed by atoms with van der Waals surface area (Å²) in [5.41, 5.74) is 3.32. The van der Waals surface area contributed by atoms with Crippen molar-refractivity contribution in [2.75, 3.05) is 19.4 Å². The third-order valence-electron chi connectivity index (χ3n) is 4.05. The molecule has 4 nitrogen and oxygen atoms in total. The Bertz CT molecular complexity index is 722. The van der Waals surface area contributed by atoms with Crippen LogP contribution in [0.2, 0.25) is 0 Å². The predicted molar refractivity (Wildman–Crippen MR) is 105 cm³/mol. The Hall–Kier alpha value is -1.72. The number of hydrogen-bond acceptors (Lipinski definition) is 4. The van der Waals surface area contributed by atoms with Gasteiger partial charge < -0.3 is 9.64 Å². The van der Waals surface area contributed by atoms with E-state index in [0.29, 0.717) is 11.7 Å². The Labute approximate surface area is 159 Å². The summed E-state index contributed by atoms with van der Waals surface area (Å²) in [4.78, 5) is 18.6. The number of pyridine rings is 1. The number of halogens is 1. The first kappa shape index (κ1) is 19.6. The standard InChI is InChI=1S/C19H22N2O2S.ClH/c1-13(2)11-21-18(22)12-24-19(21)17-10-20-9-8-16(17)14-4-6-15(23-3)7-5-14;/h4-10,13,19H,11-12H2,1-3H3;1H. The van der Waals surface area contributed by atoms with Crippen molar-refractivity contribution >= 4 is 30.1 Å². The molecule has 25 heavy (non-hydrogen) atoms. The molecule has 1 unspecified atom stereocenters. The number of aromatic nitrogens is 1. The van der Waals surface area contributed by atoms with Gasteiger partial charge in [-0.1, -0.05) is 26.0 Å². The molecule has 0 N–H and O–H groups in total. The van der Waals surface area contributed by atoms with Gasteiger partial charge in [0.1, 0.15) is 11.1 Å². The van der Waals surface area contributed by atoms with Gasteiger partial charge in [-0.25, -0.2) is 0 Å². The molecule has 134 valence electrons. The number of ether oxygens (including phenoxy) is 1. The van der Waals surface area contributed by atoms with E-state index in [4.69, 9.17) is 4.74 Å². The molecule has 1 aromatic heterocycles. The number of hydrogen-bond donors (Lipinski definition) is 0. The fourth-order valence-corrected chi connectivity index (χ4v) is 4.16. The maximum absolute atomic E-state index is 12.3. The van der Waals surface area contributed by atoms with Crippen LogP contribution in [0.5, 0.6) is 5.75 Å². The zero-order chi connectivity index (χ0) is 17.1. The number of carbonyl (C=O) groups is 1. The van der Waals surface area contributed by atoms with Gasteiger partial charge in [0.05, 0.1) is 12.9 Å². The Kier molecular flexibility index (Phi) is 6.73. The molecule has 1 aliphatic rings. The third-order valence-corrected chi connectivity index (χ3v) is 5.29. The number of benzene rings is 1. The van der Waals surface area contributed by atoms with Crippen molar-refractivity contribution in [1.29, 1.82) is 0 Å². The average Bonchev–Trinajstić information content (AvgIpc) is 2.95. The second-order valence-electron chi connectivity index (χ2n) is 6.29. The van der Waals surface area contributed by atoms with E-state index in [2.05, 4.69) is 18.8 Å². The minimum absolute atomic E-state index is 0. The van der Waals surface area contributed by atoms with Gasteiger partial charge in [0.25, 0.3) is 0 Å². The highest BCUT2D eigenvalue weighted by molar-refractivity contribution is 8.00. The van der Waals surface area contributed by atoms with Crippen LogP contribution >= 0.6 is 24.2 Å². The summed E-state index contributed by atoms with van der Waals surface area (Å²) >= 11 is 1.68. The van der Waals surface area contributed by atoms with Crippen molar-refractivity contribution < 1.29 is 9.53 Å². The second kappa shape index (κ2) is 8.59. The van der Waals surface area contributed by atoms with Gasteiger partial charge in [-0.3, -0.25) is 9.78 Å². The van der Waals surface area contributed by atoms with E-state index >= 15 is 0 Å². The second-order valence-corrected chi connectivity index (χ2v) is 7.36. The maximum atomic E-state index is 12.3. The minimum atomic E-state index is 0. The van der Waals surface area contributed by atoms with Gasteiger partial charge in [-0.15, -0.1) is 24.2 Å². The molecule has 1 aliphatic heterocycles. The van der Waals surface area contributed by atoms with Crippen molar-refractivity contribution in [3.63, 3.8) is 0 Å². The Morgan fingerprint density at radius 1 is 1.28 bits per heavy atom. The normalized spacial score (nSPS) is 16.9. The molecule has 1 saturated heterocycles. The van der Waals surface area contributed by atoms with Crippen LogP contribution in [0.4, 0.5) is 0 Å². The van der Waals surface area contributed by atoms with E-state index in [-0.39, 0.29) is 23.7 Å². The van der Waals surface area contributed by atoms with Crippen molar-refractivity contribution in [2.45, 2.75) is 19.2 Å². The van der Waals surface area contributed by atoms with Crippen molar-refractivity contribution in [2.24, 2.45) is 5.92 Å². The van der Waals surface area contributed by atoms with Crippen molar-refractivity contribution in [3.05, 3.63) is 48.3 Å². The molecule has 0 bridgehead atoms. The molecule has 6 heteroatoms. The van der Waals surface area contributed by atoms with Crippen LogP contribution in [0.3, 0.4) is 0 Å². The van der Waals surface area contributed by atoms with Crippen molar-refractivity contribution in [1.82, 2.24) is 9.88 Å². The number of rotatable bonds is 5. The van der Waals surface area contributed by atoms with Gasteiger partial charge in [0.2, 0.25) is 5.91 Å². The maximum Gasteiger partial charge on any atom is 0.233 e. The van der Waals surface area contributed by atoms with Crippen LogP contribution in [-0.4, -0.2) is 35.2 Å². The van der Waals surface area contributed by atoms with E-state index < -0.39 is 0 Å². The largest absolute Gasteiger partial charge is 0.497 e. The first-order chi connectivity index (χ1) is 11.6. The van der Waals surface area contributed by atoms with Gasteiger partial charge in [-0.05, 0) is 35.2 Å². The Balaban J connectivity index is 0.00000225. The molecule has 0 spiro atoms. The van der Waals surface area contributed by atoms with E-state index in [1.54, 1.807) is 25.1 Å². The summed E-state index contributed by atoms with van der Waals surface area (Å²) in [5, 5.41) is 0.0331. The molecule has 0 radical (unpaired) electrons. The molecule has 1 amide bonds. The molecule has 0 saturated carbocycles. The average molecular weight is 379 g/mol. The highest BCUT2D eigenvalue weighted by Gasteiger charge is 2.34. The van der Waals surface area contributed by atoms with E-state index in [1.807, 2.05) is 41.4 Å². The quantitative estimate of drug-likeness (QED) is 0.772. The Morgan fingerprint density at radius 3 is 2.64 bits per heavy atom. The lowest BCUT2D eigenvalue weighted by molar-refractivity contribution is -0.128. The SMILES string of the molecule is COc1ccc(-c2ccncc2C2SCC(=O)N2CC(C)C)cc1.Cl. The molecule has 1 fully saturated rings. The van der Waals surface area contributed by atoms with Crippen LogP contribution in [0.25, 0.3) is 11.1 Å². The lowest BCUT2D eigenvalue weighted by Crippen LogP contribution is -2.31. The Morgan fingerprint density at radius 2 is 2.00 bits per heavy atom. The predicted octanol–water partition coefficient (Wildman–Crippen LogP) is 4.41. The summed E-state index contributed by atoms with van der Waals surface area (Å²) < 4.78 is 5.24. The van der Waals surface area contributed by atoms with E-state index in [0.717, 1.165) is 29.0 Å². The molecule has 2 heterocycles. The van der Waals surface area contributed by atoms with E-state index in [9.17, 15) is 4.79 Å². The lowest BCUT2D eigenvalue weighted by atomic mass is 10.0. The first-order valence-electron chi connectivity index (χ1n) is 8.09. The number of thioether (sulfide) groups is 1. The van der Waals surface area contributed by atoms with Gasteiger partial charge in [0, 0.05) is 24.5 Å². The molecule has 0 aliphatic carbocycles. The number of amides is 1. The topological polar surface area (TPSA) is 42.4 Å². The molecule has 1 aromatic carbocycles. The molecular weight excluding hydrogens is 356 g/mol. The summed E-state index contributed by atoms with van der Waals surface area (Å²) in [6.07, 6.45) is 3.69. The number of nitrogens with zero attached hydrogens (tertiary/aromatic N) is 2. The van der Waals surface area contributed by atoms with Crippen LogP contribution in [-0.2, 0) is 4.79 Å². The van der Waals surface area contributed by atoms with Crippen LogP contribution in [0.1, 0.15) is 24.8 Å². The minimum Gasteiger partial charge on any atom is -0.497 e. The smallest absolute Gasteiger partial charge is 0.233 e. The fraction of sp³-hybridized carbons (Fsp3) is 0.368. The van der Waals surface area contributed by atoms with Crippen LogP contribution < -0.4 is 4.74 Å². The summed E-state index contributed by atoms with van der Waals surface area (Å²) in [6.45, 7) is 5.05. The highest BCUT2D eigenvalue weighted by Crippen LogP contribution is 2.42. The fourth-order valence-electron chi connectivity index (χ4n) is 2.94. The molecule has 3 rings (SSSR count). The lowest BCUT2D eigenvalue weighted by Gasteiger charge is -2.27. The molecule has 1 atom stereocenters. The molecule has 2 aromatic rings. The summed E-state index contributed by atoms with van der Waals surface area (Å²) in [6, 6.07) is 10.0. The first-order valence-corrected chi connectivity index (χ1v) is 9.14. The van der Waals surface area contributed by atoms with Gasteiger partial charge in [0.15, 0.2) is 0 Å². The van der Waals surface area contributed by atoms with Gasteiger partial charge in [-0.2, -0.15) is 0 Å². The third kappa shape index (κ3) is 4.28. The highest BCUT2D eigenvalue weighted by atomic mass is 35.5. The monoisotopic (exact) mass is 378 g/mol. The van der Waals surface area contributed by atoms with Crippen LogP contribution in [0, 0.1) is 5.92 Å².